The van der Waals surface area contributed by atoms with Gasteiger partial charge in [-0.15, -0.1) is 11.6 Å². The molecule has 0 bridgehead atoms. The van der Waals surface area contributed by atoms with Gasteiger partial charge in [0.15, 0.2) is 0 Å². The van der Waals surface area contributed by atoms with Crippen molar-refractivity contribution >= 4 is 23.4 Å². The minimum absolute atomic E-state index is 0.487. The summed E-state index contributed by atoms with van der Waals surface area (Å²) in [6.45, 7) is 2.28. The van der Waals surface area contributed by atoms with Crippen LogP contribution in [-0.4, -0.2) is 31.0 Å². The topological polar surface area (TPSA) is 12.0 Å². The van der Waals surface area contributed by atoms with Gasteiger partial charge >= 0.3 is 0 Å². The van der Waals surface area contributed by atoms with Gasteiger partial charge in [0.1, 0.15) is 0 Å². The van der Waals surface area contributed by atoms with E-state index in [0.717, 1.165) is 19.0 Å². The Morgan fingerprint density at radius 3 is 2.75 bits per heavy atom. The molecular formula is C9H18ClNS. The van der Waals surface area contributed by atoms with Crippen molar-refractivity contribution in [3.8, 4) is 0 Å². The van der Waals surface area contributed by atoms with E-state index >= 15 is 0 Å². The van der Waals surface area contributed by atoms with Crippen molar-refractivity contribution in [1.82, 2.24) is 5.32 Å². The van der Waals surface area contributed by atoms with Crippen molar-refractivity contribution in [1.29, 1.82) is 0 Å². The number of alkyl halides is 1. The van der Waals surface area contributed by atoms with Crippen molar-refractivity contribution in [2.24, 2.45) is 5.41 Å². The van der Waals surface area contributed by atoms with Gasteiger partial charge < -0.3 is 5.32 Å². The number of nitrogens with one attached hydrogen (secondary N) is 1. The highest BCUT2D eigenvalue weighted by atomic mass is 35.5. The van der Waals surface area contributed by atoms with Gasteiger partial charge in [0.05, 0.1) is 0 Å². The zero-order valence-corrected chi connectivity index (χ0v) is 9.31. The molecule has 0 atom stereocenters. The average Bonchev–Trinajstić information content (AvgIpc) is 2.85. The average molecular weight is 208 g/mol. The van der Waals surface area contributed by atoms with Gasteiger partial charge in [-0.05, 0) is 43.2 Å². The summed E-state index contributed by atoms with van der Waals surface area (Å²) < 4.78 is 0. The van der Waals surface area contributed by atoms with Crippen molar-refractivity contribution in [2.75, 3.05) is 31.0 Å². The summed E-state index contributed by atoms with van der Waals surface area (Å²) in [4.78, 5) is 0. The summed E-state index contributed by atoms with van der Waals surface area (Å²) in [7, 11) is 0. The van der Waals surface area contributed by atoms with Crippen LogP contribution < -0.4 is 5.32 Å². The quantitative estimate of drug-likeness (QED) is 0.508. The number of halogens is 1. The van der Waals surface area contributed by atoms with Crippen molar-refractivity contribution in [2.45, 2.75) is 19.3 Å². The van der Waals surface area contributed by atoms with E-state index in [4.69, 9.17) is 11.6 Å². The molecule has 12 heavy (non-hydrogen) atoms. The molecule has 1 nitrogen and oxygen atoms in total. The molecule has 1 aliphatic carbocycles. The van der Waals surface area contributed by atoms with E-state index in [1.807, 2.05) is 11.8 Å². The maximum absolute atomic E-state index is 5.85. The standard InChI is InChI=1S/C9H18ClNS/c1-12-6-2-5-11-8-9(7-10)3-4-9/h11H,2-8H2,1H3. The Hall–Kier alpha value is 0.600. The van der Waals surface area contributed by atoms with Crippen LogP contribution in [0.15, 0.2) is 0 Å². The molecule has 0 aliphatic heterocycles. The second kappa shape index (κ2) is 5.36. The molecule has 0 spiro atoms. The van der Waals surface area contributed by atoms with Crippen LogP contribution in [0.25, 0.3) is 0 Å². The molecule has 1 rings (SSSR count). The predicted octanol–water partition coefficient (Wildman–Crippen LogP) is 2.35. The summed E-state index contributed by atoms with van der Waals surface area (Å²) >= 11 is 7.77. The third-order valence-electron chi connectivity index (χ3n) is 2.44. The van der Waals surface area contributed by atoms with E-state index in [9.17, 15) is 0 Å². The van der Waals surface area contributed by atoms with Crippen molar-refractivity contribution in [3.05, 3.63) is 0 Å². The molecule has 1 N–H and O–H groups in total. The van der Waals surface area contributed by atoms with Gasteiger partial charge in [0.25, 0.3) is 0 Å². The summed E-state index contributed by atoms with van der Waals surface area (Å²) in [5.41, 5.74) is 0.487. The molecule has 0 aromatic carbocycles. The van der Waals surface area contributed by atoms with E-state index in [0.29, 0.717) is 5.41 Å². The lowest BCUT2D eigenvalue weighted by Crippen LogP contribution is -2.26. The molecule has 3 heteroatoms. The Balaban J connectivity index is 1.89. The molecule has 0 unspecified atom stereocenters. The molecule has 0 radical (unpaired) electrons. The third kappa shape index (κ3) is 3.55. The first-order chi connectivity index (χ1) is 5.83. The zero-order valence-electron chi connectivity index (χ0n) is 7.74. The Bertz CT molecular complexity index is 126. The smallest absolute Gasteiger partial charge is 0.0292 e. The van der Waals surface area contributed by atoms with Crippen LogP contribution in [0.5, 0.6) is 0 Å². The molecule has 0 amide bonds. The van der Waals surface area contributed by atoms with E-state index in [2.05, 4.69) is 11.6 Å². The summed E-state index contributed by atoms with van der Waals surface area (Å²) in [6.07, 6.45) is 6.08. The summed E-state index contributed by atoms with van der Waals surface area (Å²) in [6, 6.07) is 0. The van der Waals surface area contributed by atoms with Crippen LogP contribution in [0.3, 0.4) is 0 Å². The van der Waals surface area contributed by atoms with Crippen LogP contribution in [0.4, 0.5) is 0 Å². The lowest BCUT2D eigenvalue weighted by atomic mass is 10.1. The summed E-state index contributed by atoms with van der Waals surface area (Å²) in [5, 5.41) is 3.48. The Morgan fingerprint density at radius 1 is 1.50 bits per heavy atom. The summed E-state index contributed by atoms with van der Waals surface area (Å²) in [5.74, 6) is 2.10. The van der Waals surface area contributed by atoms with E-state index in [1.165, 1.54) is 25.0 Å². The van der Waals surface area contributed by atoms with Gasteiger partial charge in [-0.3, -0.25) is 0 Å². The molecule has 1 aliphatic rings. The molecular weight excluding hydrogens is 190 g/mol. The molecule has 0 heterocycles. The lowest BCUT2D eigenvalue weighted by molar-refractivity contribution is 0.505. The molecule has 0 aromatic rings. The highest BCUT2D eigenvalue weighted by Gasteiger charge is 2.40. The SMILES string of the molecule is CSCCCNCC1(CCl)CC1. The van der Waals surface area contributed by atoms with E-state index in [1.54, 1.807) is 0 Å². The fourth-order valence-electron chi connectivity index (χ4n) is 1.23. The van der Waals surface area contributed by atoms with Crippen molar-refractivity contribution < 1.29 is 0 Å². The van der Waals surface area contributed by atoms with Crippen LogP contribution in [0.1, 0.15) is 19.3 Å². The maximum Gasteiger partial charge on any atom is 0.0292 e. The zero-order chi connectivity index (χ0) is 8.86. The van der Waals surface area contributed by atoms with Crippen LogP contribution in [0, 0.1) is 5.41 Å². The van der Waals surface area contributed by atoms with E-state index in [-0.39, 0.29) is 0 Å². The minimum Gasteiger partial charge on any atom is -0.316 e. The maximum atomic E-state index is 5.85. The first kappa shape index (κ1) is 10.7. The number of hydrogen-bond acceptors (Lipinski definition) is 2. The van der Waals surface area contributed by atoms with Crippen LogP contribution in [-0.2, 0) is 0 Å². The molecule has 0 saturated heterocycles. The highest BCUT2D eigenvalue weighted by Crippen LogP contribution is 2.45. The molecule has 72 valence electrons. The monoisotopic (exact) mass is 207 g/mol. The molecule has 1 saturated carbocycles. The van der Waals surface area contributed by atoms with E-state index < -0.39 is 0 Å². The van der Waals surface area contributed by atoms with Gasteiger partial charge in [0.2, 0.25) is 0 Å². The minimum atomic E-state index is 0.487. The fourth-order valence-corrected chi connectivity index (χ4v) is 2.02. The Kier molecular flexibility index (Phi) is 4.77. The van der Waals surface area contributed by atoms with Gasteiger partial charge in [-0.1, -0.05) is 0 Å². The fraction of sp³-hybridized carbons (Fsp3) is 1.00. The van der Waals surface area contributed by atoms with Crippen LogP contribution in [0.2, 0.25) is 0 Å². The second-order valence-corrected chi connectivity index (χ2v) is 4.91. The highest BCUT2D eigenvalue weighted by molar-refractivity contribution is 7.98. The largest absolute Gasteiger partial charge is 0.316 e. The predicted molar refractivity (Wildman–Crippen MR) is 58.3 cm³/mol. The van der Waals surface area contributed by atoms with Gasteiger partial charge in [-0.2, -0.15) is 11.8 Å². The number of rotatable bonds is 7. The second-order valence-electron chi connectivity index (χ2n) is 3.66. The molecule has 1 fully saturated rings. The number of thioether (sulfide) groups is 1. The number of hydrogen-bond donors (Lipinski definition) is 1. The third-order valence-corrected chi connectivity index (χ3v) is 3.71. The van der Waals surface area contributed by atoms with Crippen LogP contribution >= 0.6 is 23.4 Å². The van der Waals surface area contributed by atoms with Gasteiger partial charge in [0, 0.05) is 12.4 Å². The van der Waals surface area contributed by atoms with Crippen molar-refractivity contribution in [3.63, 3.8) is 0 Å². The normalized spacial score (nSPS) is 19.5. The first-order valence-electron chi connectivity index (χ1n) is 4.59. The first-order valence-corrected chi connectivity index (χ1v) is 6.51. The molecule has 0 aromatic heterocycles. The Labute approximate surface area is 84.6 Å². The lowest BCUT2D eigenvalue weighted by Gasteiger charge is -2.11. The Morgan fingerprint density at radius 2 is 2.25 bits per heavy atom. The van der Waals surface area contributed by atoms with Gasteiger partial charge in [-0.25, -0.2) is 0 Å².